The third-order valence-electron chi connectivity index (χ3n) is 2.53. The van der Waals surface area contributed by atoms with Crippen molar-refractivity contribution in [3.05, 3.63) is 24.0 Å². The highest BCUT2D eigenvalue weighted by molar-refractivity contribution is 5.13. The number of rotatable bonds is 3. The van der Waals surface area contributed by atoms with Crippen molar-refractivity contribution in [2.24, 2.45) is 0 Å². The molecule has 102 valence electrons. The van der Waals surface area contributed by atoms with Crippen molar-refractivity contribution in [1.82, 2.24) is 0 Å². The monoisotopic (exact) mass is 258 g/mol. The summed E-state index contributed by atoms with van der Waals surface area (Å²) < 4.78 is 21.1. The Hall–Kier alpha value is -1.40. The zero-order valence-corrected chi connectivity index (χ0v) is 10.8. The summed E-state index contributed by atoms with van der Waals surface area (Å²) in [4.78, 5) is 0. The first-order chi connectivity index (χ1) is 8.20. The summed E-state index contributed by atoms with van der Waals surface area (Å²) in [7, 11) is 0. The van der Waals surface area contributed by atoms with E-state index in [1.54, 1.807) is 27.7 Å². The maximum Gasteiger partial charge on any atom is 0.244 e. The minimum atomic E-state index is -1.27. The third-order valence-corrected chi connectivity index (χ3v) is 2.53. The van der Waals surface area contributed by atoms with Gasteiger partial charge in [0.1, 0.15) is 24.7 Å². The van der Waals surface area contributed by atoms with E-state index in [9.17, 15) is 10.2 Å². The summed E-state index contributed by atoms with van der Waals surface area (Å²) in [6, 6.07) is 0. The first-order valence-electron chi connectivity index (χ1n) is 5.70. The van der Waals surface area contributed by atoms with Crippen LogP contribution < -0.4 is 0 Å². The summed E-state index contributed by atoms with van der Waals surface area (Å²) in [5, 5.41) is 20.0. The second-order valence-electron chi connectivity index (χ2n) is 5.17. The van der Waals surface area contributed by atoms with Gasteiger partial charge in [0, 0.05) is 27.7 Å². The van der Waals surface area contributed by atoms with Crippen molar-refractivity contribution in [3.63, 3.8) is 0 Å². The molecule has 0 aromatic rings. The molecule has 2 unspecified atom stereocenters. The maximum absolute atomic E-state index is 9.98. The van der Waals surface area contributed by atoms with Gasteiger partial charge in [0.05, 0.1) is 0 Å². The Labute approximate surface area is 105 Å². The van der Waals surface area contributed by atoms with Crippen molar-refractivity contribution in [1.29, 1.82) is 0 Å². The molecule has 0 aromatic carbocycles. The minimum Gasteiger partial charge on any atom is -0.457 e. The number of ether oxygens (including phenoxy) is 4. The molecule has 2 N–H and O–H groups in total. The fourth-order valence-corrected chi connectivity index (χ4v) is 1.64. The zero-order chi connectivity index (χ0) is 13.6. The lowest BCUT2D eigenvalue weighted by atomic mass is 10.1. The normalized spacial score (nSPS) is 27.0. The Morgan fingerprint density at radius 3 is 1.39 bits per heavy atom. The predicted octanol–water partition coefficient (Wildman–Crippen LogP) is 0.957. The minimum absolute atomic E-state index is 0.154. The smallest absolute Gasteiger partial charge is 0.244 e. The van der Waals surface area contributed by atoms with E-state index < -0.39 is 23.8 Å². The zero-order valence-electron chi connectivity index (χ0n) is 10.8. The van der Waals surface area contributed by atoms with Crippen molar-refractivity contribution in [2.75, 3.05) is 0 Å². The fraction of sp³-hybridized carbons (Fsp3) is 0.667. The van der Waals surface area contributed by atoms with E-state index in [4.69, 9.17) is 18.9 Å². The summed E-state index contributed by atoms with van der Waals surface area (Å²) in [5.41, 5.74) is 0. The number of aliphatic hydroxyl groups excluding tert-OH is 2. The van der Waals surface area contributed by atoms with Gasteiger partial charge in [-0.3, -0.25) is 0 Å². The van der Waals surface area contributed by atoms with Gasteiger partial charge in [0.15, 0.2) is 11.5 Å². The van der Waals surface area contributed by atoms with Crippen LogP contribution in [0.5, 0.6) is 0 Å². The first-order valence-corrected chi connectivity index (χ1v) is 5.70. The van der Waals surface area contributed by atoms with Crippen LogP contribution in [0.4, 0.5) is 0 Å². The highest BCUT2D eigenvalue weighted by Gasteiger charge is 2.39. The molecule has 2 rings (SSSR count). The average Bonchev–Trinajstić information content (AvgIpc) is 2.79. The molecule has 2 aliphatic rings. The molecule has 2 aliphatic heterocycles. The average molecular weight is 258 g/mol. The molecule has 0 aromatic heterocycles. The van der Waals surface area contributed by atoms with Gasteiger partial charge >= 0.3 is 0 Å². The van der Waals surface area contributed by atoms with Gasteiger partial charge in [-0.25, -0.2) is 0 Å². The summed E-state index contributed by atoms with van der Waals surface area (Å²) >= 11 is 0. The van der Waals surface area contributed by atoms with Crippen molar-refractivity contribution in [3.8, 4) is 0 Å². The van der Waals surface area contributed by atoms with Crippen LogP contribution in [0.25, 0.3) is 0 Å². The maximum atomic E-state index is 9.98. The van der Waals surface area contributed by atoms with Crippen LogP contribution in [0.2, 0.25) is 0 Å². The van der Waals surface area contributed by atoms with E-state index >= 15 is 0 Å². The summed E-state index contributed by atoms with van der Waals surface area (Å²) in [5.74, 6) is -1.36. The number of aliphatic hydroxyl groups is 2. The van der Waals surface area contributed by atoms with Gasteiger partial charge in [-0.1, -0.05) is 0 Å². The van der Waals surface area contributed by atoms with E-state index in [0.29, 0.717) is 0 Å². The Morgan fingerprint density at radius 1 is 0.833 bits per heavy atom. The summed E-state index contributed by atoms with van der Waals surface area (Å²) in [6.45, 7) is 6.81. The molecule has 0 bridgehead atoms. The molecule has 0 spiro atoms. The molecular weight excluding hydrogens is 240 g/mol. The van der Waals surface area contributed by atoms with Crippen molar-refractivity contribution in [2.45, 2.75) is 51.5 Å². The van der Waals surface area contributed by atoms with Crippen LogP contribution in [0.15, 0.2) is 24.0 Å². The van der Waals surface area contributed by atoms with Gasteiger partial charge < -0.3 is 29.2 Å². The molecule has 2 atom stereocenters. The molecule has 6 heteroatoms. The van der Waals surface area contributed by atoms with E-state index in [1.165, 1.54) is 12.5 Å². The third kappa shape index (κ3) is 2.54. The quantitative estimate of drug-likeness (QED) is 0.785. The second kappa shape index (κ2) is 4.07. The molecule has 0 fully saturated rings. The van der Waals surface area contributed by atoms with Crippen LogP contribution in [0.1, 0.15) is 27.7 Å². The molecule has 0 radical (unpaired) electrons. The van der Waals surface area contributed by atoms with Crippen LogP contribution in [0.3, 0.4) is 0 Å². The largest absolute Gasteiger partial charge is 0.457 e. The van der Waals surface area contributed by atoms with Crippen LogP contribution in [0, 0.1) is 0 Å². The van der Waals surface area contributed by atoms with Gasteiger partial charge in [0.25, 0.3) is 0 Å². The van der Waals surface area contributed by atoms with Crippen molar-refractivity contribution < 1.29 is 29.2 Å². The van der Waals surface area contributed by atoms with Gasteiger partial charge in [-0.2, -0.15) is 0 Å². The van der Waals surface area contributed by atoms with Crippen LogP contribution in [-0.2, 0) is 18.9 Å². The van der Waals surface area contributed by atoms with Gasteiger partial charge in [-0.05, 0) is 0 Å². The Kier molecular flexibility index (Phi) is 2.95. The lowest BCUT2D eigenvalue weighted by molar-refractivity contribution is -0.142. The van der Waals surface area contributed by atoms with E-state index in [2.05, 4.69) is 0 Å². The molecule has 0 saturated heterocycles. The molecule has 6 nitrogen and oxygen atoms in total. The Morgan fingerprint density at radius 2 is 1.17 bits per heavy atom. The molecule has 18 heavy (non-hydrogen) atoms. The van der Waals surface area contributed by atoms with E-state index in [-0.39, 0.29) is 11.5 Å². The van der Waals surface area contributed by atoms with Gasteiger partial charge in [-0.15, -0.1) is 0 Å². The van der Waals surface area contributed by atoms with E-state index in [1.807, 2.05) is 0 Å². The number of hydrogen-bond acceptors (Lipinski definition) is 6. The fourth-order valence-electron chi connectivity index (χ4n) is 1.64. The topological polar surface area (TPSA) is 77.4 Å². The molecule has 0 saturated carbocycles. The lowest BCUT2D eigenvalue weighted by Gasteiger charge is -2.24. The number of hydrogen-bond donors (Lipinski definition) is 2. The predicted molar refractivity (Wildman–Crippen MR) is 60.7 cm³/mol. The van der Waals surface area contributed by atoms with Crippen LogP contribution >= 0.6 is 0 Å². The highest BCUT2D eigenvalue weighted by atomic mass is 16.7. The second-order valence-corrected chi connectivity index (χ2v) is 5.17. The molecule has 0 aliphatic carbocycles. The Balaban J connectivity index is 2.01. The molecule has 0 amide bonds. The lowest BCUT2D eigenvalue weighted by Crippen LogP contribution is -2.33. The highest BCUT2D eigenvalue weighted by Crippen LogP contribution is 2.32. The van der Waals surface area contributed by atoms with E-state index in [0.717, 1.165) is 0 Å². The van der Waals surface area contributed by atoms with Gasteiger partial charge in [0.2, 0.25) is 11.6 Å². The molecular formula is C12H18O6. The molecule has 2 heterocycles. The summed E-state index contributed by atoms with van der Waals surface area (Å²) in [6.07, 6.45) is 0.0381. The SMILES string of the molecule is CC1(C)OC=C(C(O)C(O)C2=COC(C)(C)O2)O1. The Bertz CT molecular complexity index is 357. The van der Waals surface area contributed by atoms with Crippen LogP contribution in [-0.4, -0.2) is 34.0 Å². The first kappa shape index (κ1) is 13.0. The standard InChI is InChI=1S/C12H18O6/c1-11(2)15-5-7(17-11)9(13)10(14)8-6-16-12(3,4)18-8/h5-6,9-10,13-14H,1-4H3. The van der Waals surface area contributed by atoms with Crippen molar-refractivity contribution >= 4 is 0 Å².